The van der Waals surface area contributed by atoms with Crippen LogP contribution in [0.1, 0.15) is 83.5 Å². The Kier molecular flexibility index (Phi) is 7.89. The summed E-state index contributed by atoms with van der Waals surface area (Å²) in [6.07, 6.45) is 9.79. The van der Waals surface area contributed by atoms with Gasteiger partial charge in [0.05, 0.1) is 35.5 Å². The van der Waals surface area contributed by atoms with Gasteiger partial charge in [-0.3, -0.25) is 9.59 Å². The van der Waals surface area contributed by atoms with Crippen molar-refractivity contribution >= 4 is 22.5 Å². The monoisotopic (exact) mass is 568 g/mol. The van der Waals surface area contributed by atoms with E-state index in [4.69, 9.17) is 19.5 Å². The minimum Gasteiger partial charge on any atom is -0.480 e. The number of hydrogen-bond acceptors (Lipinski definition) is 6. The van der Waals surface area contributed by atoms with E-state index >= 15 is 0 Å². The van der Waals surface area contributed by atoms with Gasteiger partial charge >= 0.3 is 6.04 Å². The number of likely N-dealkylation sites (tertiary alicyclic amines) is 1. The smallest absolute Gasteiger partial charge is 0.328 e. The molecule has 0 bridgehead atoms. The third-order valence-electron chi connectivity index (χ3n) is 10.1. The summed E-state index contributed by atoms with van der Waals surface area (Å²) in [5.74, 6) is 1.75. The first-order chi connectivity index (χ1) is 20.4. The lowest BCUT2D eigenvalue weighted by molar-refractivity contribution is -0.118. The normalized spacial score (nSPS) is 23.1. The van der Waals surface area contributed by atoms with Crippen LogP contribution in [0.15, 0.2) is 36.5 Å². The molecule has 0 amide bonds. The van der Waals surface area contributed by atoms with E-state index in [9.17, 15) is 9.59 Å². The molecule has 1 aromatic carbocycles. The standard InChI is InChI=1S/C34H42N5O3/c1-4-24(40)12-7-6-8-14-28(35-20-26-30(41)34(26)22-33(34)15-17-39(5-2)18-16-33)31-36-21-29(37-31)25-19-23-11-9-10-13-27(23)38-32(25)42-3/h9-11,13,19,21,26,28H,4-8,12,14-18,22H2,1-3H3,(H,36,37)/q+1/t26?,28-,34?/m0/s1. The highest BCUT2D eigenvalue weighted by atomic mass is 16.5. The van der Waals surface area contributed by atoms with Gasteiger partial charge in [0.1, 0.15) is 5.78 Å². The Morgan fingerprint density at radius 1 is 1.21 bits per heavy atom. The molecular weight excluding hydrogens is 526 g/mol. The van der Waals surface area contributed by atoms with E-state index in [0.29, 0.717) is 30.3 Å². The zero-order valence-corrected chi connectivity index (χ0v) is 25.1. The maximum Gasteiger partial charge on any atom is 0.328 e. The highest BCUT2D eigenvalue weighted by Gasteiger charge is 2.88. The summed E-state index contributed by atoms with van der Waals surface area (Å²) in [6.45, 7) is 7.37. The lowest BCUT2D eigenvalue weighted by Gasteiger charge is -2.31. The zero-order chi connectivity index (χ0) is 29.3. The number of carbonyl (C=O) groups is 2. The van der Waals surface area contributed by atoms with Crippen LogP contribution in [-0.2, 0) is 9.59 Å². The van der Waals surface area contributed by atoms with Crippen LogP contribution in [0.5, 0.6) is 5.88 Å². The summed E-state index contributed by atoms with van der Waals surface area (Å²) in [6, 6.07) is 13.1. The number of ketones is 2. The van der Waals surface area contributed by atoms with Gasteiger partial charge in [-0.2, -0.15) is 0 Å². The molecule has 3 aliphatic rings. The van der Waals surface area contributed by atoms with Gasteiger partial charge in [0, 0.05) is 24.6 Å². The first-order valence-electron chi connectivity index (χ1n) is 15.7. The fraction of sp³-hybridized carbons (Fsp3) is 0.559. The van der Waals surface area contributed by atoms with E-state index in [0.717, 1.165) is 92.6 Å². The Bertz CT molecular complexity index is 1540. The Morgan fingerprint density at radius 3 is 2.79 bits per heavy atom. The van der Waals surface area contributed by atoms with E-state index in [1.165, 1.54) is 0 Å². The van der Waals surface area contributed by atoms with Crippen LogP contribution in [0.3, 0.4) is 0 Å². The molecule has 2 aliphatic carbocycles. The lowest BCUT2D eigenvalue weighted by Crippen LogP contribution is -2.35. The minimum atomic E-state index is -0.234. The Balaban J connectivity index is 1.21. The summed E-state index contributed by atoms with van der Waals surface area (Å²) in [5.41, 5.74) is 2.49. The number of hydrogen-bond donors (Lipinski definition) is 1. The summed E-state index contributed by atoms with van der Waals surface area (Å²) in [7, 11) is 1.63. The number of rotatable bonds is 11. The SMILES string of the molecule is CCC(=O)CCCCC[C@H]([N+]#CC1C(=O)C12CC21CCN(CC)CC1)c1ncc(-c2cc3ccccc3nc2OC)[nH]1. The molecule has 42 heavy (non-hydrogen) atoms. The molecule has 2 saturated carbocycles. The van der Waals surface area contributed by atoms with Crippen molar-refractivity contribution in [2.75, 3.05) is 26.7 Å². The van der Waals surface area contributed by atoms with Gasteiger partial charge in [-0.1, -0.05) is 43.3 Å². The molecule has 2 aromatic heterocycles. The zero-order valence-electron chi connectivity index (χ0n) is 25.1. The van der Waals surface area contributed by atoms with Crippen molar-refractivity contribution in [3.63, 3.8) is 0 Å². The van der Waals surface area contributed by atoms with Gasteiger partial charge in [0.2, 0.25) is 5.88 Å². The second-order valence-corrected chi connectivity index (χ2v) is 12.3. The number of imidazole rings is 1. The molecule has 8 nitrogen and oxygen atoms in total. The van der Waals surface area contributed by atoms with Crippen molar-refractivity contribution < 1.29 is 14.3 Å². The van der Waals surface area contributed by atoms with Crippen molar-refractivity contribution in [1.82, 2.24) is 19.9 Å². The summed E-state index contributed by atoms with van der Waals surface area (Å²) in [5, 5.41) is 1.02. The average Bonchev–Trinajstić information content (AvgIpc) is 3.70. The molecule has 3 atom stereocenters. The molecule has 2 spiro atoms. The molecule has 1 aliphatic heterocycles. The van der Waals surface area contributed by atoms with Crippen LogP contribution in [0, 0.1) is 22.8 Å². The number of nitrogens with one attached hydrogen (secondary N) is 1. The number of unbranched alkanes of at least 4 members (excludes halogenated alkanes) is 2. The predicted octanol–water partition coefficient (Wildman–Crippen LogP) is 6.63. The highest BCUT2D eigenvalue weighted by Crippen LogP contribution is 2.82. The third kappa shape index (κ3) is 5.13. The molecule has 0 radical (unpaired) electrons. The minimum absolute atomic E-state index is 0.168. The number of pyridine rings is 1. The topological polar surface area (TPSA) is 92.5 Å². The van der Waals surface area contributed by atoms with E-state index < -0.39 is 0 Å². The number of H-pyrrole nitrogens is 1. The van der Waals surface area contributed by atoms with Gasteiger partial charge in [-0.15, -0.1) is 0 Å². The third-order valence-corrected chi connectivity index (χ3v) is 10.1. The van der Waals surface area contributed by atoms with Crippen molar-refractivity contribution in [3.05, 3.63) is 47.2 Å². The predicted molar refractivity (Wildman–Crippen MR) is 164 cm³/mol. The van der Waals surface area contributed by atoms with Crippen molar-refractivity contribution in [2.24, 2.45) is 16.7 Å². The number of benzene rings is 1. The van der Waals surface area contributed by atoms with Gasteiger partial charge in [0.25, 0.3) is 6.07 Å². The number of ether oxygens (including phenoxy) is 1. The van der Waals surface area contributed by atoms with Crippen molar-refractivity contribution in [3.8, 4) is 23.2 Å². The molecule has 1 N–H and O–H groups in total. The largest absolute Gasteiger partial charge is 0.480 e. The number of fused-ring (bicyclic) bond motifs is 2. The number of nitrogens with zero attached hydrogens (tertiary/aromatic N) is 4. The van der Waals surface area contributed by atoms with E-state index in [-0.39, 0.29) is 22.8 Å². The Hall–Kier alpha value is -3.57. The maximum absolute atomic E-state index is 13.1. The molecule has 8 heteroatoms. The fourth-order valence-electron chi connectivity index (χ4n) is 7.21. The van der Waals surface area contributed by atoms with E-state index in [1.807, 2.05) is 37.4 Å². The summed E-state index contributed by atoms with van der Waals surface area (Å²) < 4.78 is 5.63. The Labute approximate surface area is 248 Å². The van der Waals surface area contributed by atoms with Gasteiger partial charge in [0.15, 0.2) is 17.5 Å². The highest BCUT2D eigenvalue weighted by molar-refractivity contribution is 6.10. The number of methoxy groups -OCH3 is 1. The van der Waals surface area contributed by atoms with E-state index in [2.05, 4.69) is 28.9 Å². The Morgan fingerprint density at radius 2 is 2.02 bits per heavy atom. The van der Waals surface area contributed by atoms with Crippen molar-refractivity contribution in [2.45, 2.75) is 77.7 Å². The molecule has 3 aromatic rings. The number of aromatic amines is 1. The number of piperidine rings is 1. The molecule has 6 rings (SSSR count). The lowest BCUT2D eigenvalue weighted by atomic mass is 9.89. The quantitative estimate of drug-likeness (QED) is 0.261. The second kappa shape index (κ2) is 11.6. The maximum atomic E-state index is 13.1. The van der Waals surface area contributed by atoms with Crippen LogP contribution < -0.4 is 4.74 Å². The molecule has 3 heterocycles. The fourth-order valence-corrected chi connectivity index (χ4v) is 7.21. The first kappa shape index (κ1) is 28.5. The van der Waals surface area contributed by atoms with Gasteiger partial charge in [-0.25, -0.2) is 9.97 Å². The number of aromatic nitrogens is 3. The van der Waals surface area contributed by atoms with Crippen LogP contribution in [0.2, 0.25) is 0 Å². The van der Waals surface area contributed by atoms with Gasteiger partial charge in [-0.05, 0) is 69.3 Å². The molecule has 220 valence electrons. The van der Waals surface area contributed by atoms with Crippen LogP contribution in [0.4, 0.5) is 0 Å². The summed E-state index contributed by atoms with van der Waals surface area (Å²) >= 11 is 0. The van der Waals surface area contributed by atoms with E-state index in [1.54, 1.807) is 7.11 Å². The number of para-hydroxylation sites is 1. The second-order valence-electron chi connectivity index (χ2n) is 12.3. The van der Waals surface area contributed by atoms with Gasteiger partial charge < -0.3 is 14.6 Å². The average molecular weight is 569 g/mol. The first-order valence-corrected chi connectivity index (χ1v) is 15.7. The van der Waals surface area contributed by atoms with Crippen LogP contribution >= 0.6 is 0 Å². The number of Topliss-reactive ketones (excluding diaryl/α,β-unsaturated/α-hetero) is 2. The molecule has 2 unspecified atom stereocenters. The van der Waals surface area contributed by atoms with Crippen LogP contribution in [0.25, 0.3) is 27.0 Å². The molecular formula is C34H42N5O3+. The number of carbonyl (C=O) groups excluding carboxylic acids is 2. The molecule has 3 fully saturated rings. The van der Waals surface area contributed by atoms with Crippen molar-refractivity contribution in [1.29, 1.82) is 0 Å². The van der Waals surface area contributed by atoms with Crippen LogP contribution in [-0.4, -0.2) is 58.2 Å². The summed E-state index contributed by atoms with van der Waals surface area (Å²) in [4.78, 5) is 45.2. The molecule has 1 saturated heterocycles.